The number of carbonyl (C=O) groups excluding carboxylic acids is 1. The van der Waals surface area contributed by atoms with Crippen LogP contribution in [0.3, 0.4) is 0 Å². The van der Waals surface area contributed by atoms with E-state index in [4.69, 9.17) is 20.8 Å². The Labute approximate surface area is 145 Å². The normalized spacial score (nSPS) is 11.4. The molecule has 0 amide bonds. The summed E-state index contributed by atoms with van der Waals surface area (Å²) in [7, 11) is 0. The number of halogens is 1. The van der Waals surface area contributed by atoms with Crippen molar-refractivity contribution in [2.75, 3.05) is 6.61 Å². The zero-order valence-corrected chi connectivity index (χ0v) is 14.6. The molecule has 0 spiro atoms. The molecule has 2 heterocycles. The fraction of sp³-hybridized carbons (Fsp3) is 0.333. The highest BCUT2D eigenvalue weighted by molar-refractivity contribution is 6.31. The Bertz CT molecular complexity index is 880. The number of oxazole rings is 1. The number of rotatable bonds is 5. The van der Waals surface area contributed by atoms with Crippen LogP contribution in [0.4, 0.5) is 0 Å². The molecule has 0 fully saturated rings. The second-order valence-electron chi connectivity index (χ2n) is 6.02. The molecule has 1 aromatic carbocycles. The Hall–Kier alpha value is -2.27. The lowest BCUT2D eigenvalue weighted by atomic mass is 10.0. The van der Waals surface area contributed by atoms with Gasteiger partial charge in [0.2, 0.25) is 0 Å². The topological polar surface area (TPSA) is 57.3 Å². The zero-order valence-electron chi connectivity index (χ0n) is 13.9. The third-order valence-electron chi connectivity index (χ3n) is 3.66. The fourth-order valence-electron chi connectivity index (χ4n) is 2.71. The Morgan fingerprint density at radius 3 is 2.92 bits per heavy atom. The lowest BCUT2D eigenvalue weighted by Gasteiger charge is -2.02. The number of nitrogens with zero attached hydrogens (tertiary/aromatic N) is 2. The predicted octanol–water partition coefficient (Wildman–Crippen LogP) is 4.65. The van der Waals surface area contributed by atoms with Gasteiger partial charge >= 0.3 is 12.0 Å². The van der Waals surface area contributed by atoms with Crippen LogP contribution in [0.25, 0.3) is 16.9 Å². The van der Waals surface area contributed by atoms with E-state index in [1.165, 1.54) is 11.8 Å². The maximum Gasteiger partial charge on any atom is 0.360 e. The van der Waals surface area contributed by atoms with Crippen LogP contribution >= 0.6 is 11.6 Å². The molecule has 3 aromatic rings. The molecule has 24 heavy (non-hydrogen) atoms. The van der Waals surface area contributed by atoms with Crippen molar-refractivity contribution in [1.29, 1.82) is 0 Å². The first-order valence-electron chi connectivity index (χ1n) is 7.92. The van der Waals surface area contributed by atoms with Crippen LogP contribution in [0.15, 0.2) is 35.1 Å². The van der Waals surface area contributed by atoms with E-state index in [-0.39, 0.29) is 5.69 Å². The highest BCUT2D eigenvalue weighted by Crippen LogP contribution is 2.29. The van der Waals surface area contributed by atoms with Gasteiger partial charge in [-0.1, -0.05) is 31.5 Å². The van der Waals surface area contributed by atoms with Gasteiger partial charge in [0.15, 0.2) is 5.69 Å². The van der Waals surface area contributed by atoms with Gasteiger partial charge in [0.05, 0.1) is 12.1 Å². The number of hydrogen-bond acceptors (Lipinski definition) is 4. The maximum absolute atomic E-state index is 11.8. The van der Waals surface area contributed by atoms with Gasteiger partial charge in [-0.3, -0.25) is 4.57 Å². The number of carbonyl (C=O) groups is 1. The highest BCUT2D eigenvalue weighted by atomic mass is 35.5. The smallest absolute Gasteiger partial charge is 0.360 e. The van der Waals surface area contributed by atoms with Crippen LogP contribution in [0.1, 0.15) is 36.8 Å². The number of esters is 1. The number of hydrogen-bond donors (Lipinski definition) is 0. The molecular weight excluding hydrogens is 328 g/mol. The summed E-state index contributed by atoms with van der Waals surface area (Å²) < 4.78 is 12.3. The summed E-state index contributed by atoms with van der Waals surface area (Å²) in [4.78, 5) is 16.0. The van der Waals surface area contributed by atoms with Crippen molar-refractivity contribution in [3.63, 3.8) is 0 Å². The minimum absolute atomic E-state index is 0.154. The molecule has 0 saturated heterocycles. The quantitative estimate of drug-likeness (QED) is 0.631. The Morgan fingerprint density at radius 2 is 2.21 bits per heavy atom. The molecule has 3 rings (SSSR count). The molecule has 0 aliphatic rings. The van der Waals surface area contributed by atoms with Gasteiger partial charge in [0.1, 0.15) is 6.26 Å². The van der Waals surface area contributed by atoms with Gasteiger partial charge in [-0.05, 0) is 37.0 Å². The summed E-state index contributed by atoms with van der Waals surface area (Å²) in [6, 6.07) is 6.06. The summed E-state index contributed by atoms with van der Waals surface area (Å²) in [5, 5.41) is 1.74. The van der Waals surface area contributed by atoms with Gasteiger partial charge in [0, 0.05) is 16.6 Å². The molecule has 6 heteroatoms. The van der Waals surface area contributed by atoms with E-state index in [0.29, 0.717) is 23.6 Å². The van der Waals surface area contributed by atoms with Crippen molar-refractivity contribution >= 4 is 28.5 Å². The molecule has 0 N–H and O–H groups in total. The molecule has 0 unspecified atom stereocenters. The number of aromatic nitrogens is 2. The lowest BCUT2D eigenvalue weighted by Crippen LogP contribution is -2.05. The lowest BCUT2D eigenvalue weighted by molar-refractivity contribution is 0.0519. The maximum atomic E-state index is 11.8. The molecular formula is C18H19ClN2O3. The van der Waals surface area contributed by atoms with Crippen molar-refractivity contribution in [3.8, 4) is 6.01 Å². The van der Waals surface area contributed by atoms with Gasteiger partial charge < -0.3 is 9.15 Å². The van der Waals surface area contributed by atoms with E-state index in [9.17, 15) is 4.79 Å². The standard InChI is InChI=1S/C18H19ClN2O3/c1-4-23-17(22)15-10-24-18(20-15)21-9-12(7-11(2)3)14-6-5-13(19)8-16(14)21/h5-6,8-11H,4,7H2,1-3H3. The number of fused-ring (bicyclic) bond motifs is 1. The van der Waals surface area contributed by atoms with Gasteiger partial charge in [0.25, 0.3) is 0 Å². The van der Waals surface area contributed by atoms with Crippen LogP contribution in [-0.4, -0.2) is 22.1 Å². The first kappa shape index (κ1) is 16.6. The minimum atomic E-state index is -0.496. The predicted molar refractivity (Wildman–Crippen MR) is 92.8 cm³/mol. The van der Waals surface area contributed by atoms with Crippen LogP contribution < -0.4 is 0 Å². The van der Waals surface area contributed by atoms with Crippen LogP contribution in [0, 0.1) is 5.92 Å². The molecule has 2 aromatic heterocycles. The van der Waals surface area contributed by atoms with E-state index >= 15 is 0 Å². The molecule has 0 bridgehead atoms. The first-order valence-corrected chi connectivity index (χ1v) is 8.30. The molecule has 0 radical (unpaired) electrons. The summed E-state index contributed by atoms with van der Waals surface area (Å²) in [5.41, 5.74) is 2.24. The average molecular weight is 347 g/mol. The van der Waals surface area contributed by atoms with E-state index in [2.05, 4.69) is 18.8 Å². The molecule has 0 saturated carbocycles. The molecule has 126 valence electrons. The third kappa shape index (κ3) is 3.17. The summed E-state index contributed by atoms with van der Waals surface area (Å²) in [6.45, 7) is 6.38. The Balaban J connectivity index is 2.08. The van der Waals surface area contributed by atoms with E-state index in [0.717, 1.165) is 17.3 Å². The van der Waals surface area contributed by atoms with Gasteiger partial charge in [-0.15, -0.1) is 0 Å². The van der Waals surface area contributed by atoms with Gasteiger partial charge in [-0.2, -0.15) is 4.98 Å². The number of ether oxygens (including phenoxy) is 1. The summed E-state index contributed by atoms with van der Waals surface area (Å²) >= 11 is 6.15. The van der Waals surface area contributed by atoms with Crippen molar-refractivity contribution in [2.45, 2.75) is 27.2 Å². The third-order valence-corrected chi connectivity index (χ3v) is 3.90. The molecule has 0 atom stereocenters. The minimum Gasteiger partial charge on any atom is -0.461 e. The van der Waals surface area contributed by atoms with E-state index < -0.39 is 5.97 Å². The molecule has 0 aliphatic heterocycles. The largest absolute Gasteiger partial charge is 0.461 e. The number of benzene rings is 1. The highest BCUT2D eigenvalue weighted by Gasteiger charge is 2.18. The van der Waals surface area contributed by atoms with Crippen LogP contribution in [0.2, 0.25) is 5.02 Å². The second kappa shape index (κ2) is 6.69. The van der Waals surface area contributed by atoms with Crippen molar-refractivity contribution < 1.29 is 13.9 Å². The van der Waals surface area contributed by atoms with Gasteiger partial charge in [-0.25, -0.2) is 4.79 Å². The monoisotopic (exact) mass is 346 g/mol. The average Bonchev–Trinajstić information content (AvgIpc) is 3.12. The Morgan fingerprint density at radius 1 is 1.42 bits per heavy atom. The first-order chi connectivity index (χ1) is 11.5. The summed E-state index contributed by atoms with van der Waals surface area (Å²) in [6.07, 6.45) is 4.23. The Kier molecular flexibility index (Phi) is 4.62. The van der Waals surface area contributed by atoms with Crippen molar-refractivity contribution in [2.24, 2.45) is 5.92 Å². The second-order valence-corrected chi connectivity index (χ2v) is 6.46. The van der Waals surface area contributed by atoms with Crippen LogP contribution in [0.5, 0.6) is 0 Å². The van der Waals surface area contributed by atoms with Crippen LogP contribution in [-0.2, 0) is 11.2 Å². The molecule has 5 nitrogen and oxygen atoms in total. The SMILES string of the molecule is CCOC(=O)c1coc(-n2cc(CC(C)C)c3ccc(Cl)cc32)n1. The van der Waals surface area contributed by atoms with Crippen molar-refractivity contribution in [1.82, 2.24) is 9.55 Å². The van der Waals surface area contributed by atoms with E-state index in [1.54, 1.807) is 6.92 Å². The molecule has 0 aliphatic carbocycles. The zero-order chi connectivity index (χ0) is 17.3. The summed E-state index contributed by atoms with van der Waals surface area (Å²) in [5.74, 6) is 0.0174. The van der Waals surface area contributed by atoms with E-state index in [1.807, 2.05) is 29.0 Å². The fourth-order valence-corrected chi connectivity index (χ4v) is 2.87. The van der Waals surface area contributed by atoms with Crippen molar-refractivity contribution in [3.05, 3.63) is 46.9 Å².